The zero-order valence-electron chi connectivity index (χ0n) is 14.0. The molecule has 0 saturated carbocycles. The Morgan fingerprint density at radius 1 is 1.00 bits per heavy atom. The first-order chi connectivity index (χ1) is 11.0. The fourth-order valence-electron chi connectivity index (χ4n) is 1.86. The predicted molar refractivity (Wildman–Crippen MR) is 93.2 cm³/mol. The second-order valence-corrected chi connectivity index (χ2v) is 5.57. The molecule has 5 heteroatoms. The van der Waals surface area contributed by atoms with Gasteiger partial charge in [-0.15, -0.1) is 0 Å². The van der Waals surface area contributed by atoms with Crippen LogP contribution >= 0.6 is 11.8 Å². The topological polar surface area (TPSA) is 55.8 Å². The summed E-state index contributed by atoms with van der Waals surface area (Å²) >= 11 is 1.37. The van der Waals surface area contributed by atoms with Gasteiger partial charge in [0.05, 0.1) is 19.8 Å². The maximum absolute atomic E-state index is 11.3. The third-order valence-electron chi connectivity index (χ3n) is 2.92. The molecule has 2 rings (SSSR count). The number of aromatic carboxylic acids is 1. The number of carboxylic acids is 1. The Labute approximate surface area is 141 Å². The van der Waals surface area contributed by atoms with E-state index < -0.39 is 5.97 Å². The van der Waals surface area contributed by atoms with E-state index in [2.05, 4.69) is 0 Å². The smallest absolute Gasteiger partial charge is 0.336 e. The third kappa shape index (κ3) is 5.21. The van der Waals surface area contributed by atoms with E-state index in [4.69, 9.17) is 9.47 Å². The molecule has 23 heavy (non-hydrogen) atoms. The van der Waals surface area contributed by atoms with Gasteiger partial charge in [0.15, 0.2) is 0 Å². The van der Waals surface area contributed by atoms with Crippen molar-refractivity contribution in [3.05, 3.63) is 47.5 Å². The van der Waals surface area contributed by atoms with Crippen LogP contribution in [0.4, 0.5) is 0 Å². The molecule has 0 aliphatic heterocycles. The van der Waals surface area contributed by atoms with E-state index in [1.54, 1.807) is 32.4 Å². The molecule has 124 valence electrons. The molecule has 0 aliphatic rings. The van der Waals surface area contributed by atoms with E-state index in [0.29, 0.717) is 16.4 Å². The zero-order valence-corrected chi connectivity index (χ0v) is 14.9. The average Bonchev–Trinajstić information content (AvgIpc) is 2.56. The highest BCUT2D eigenvalue weighted by molar-refractivity contribution is 7.99. The Morgan fingerprint density at radius 2 is 1.57 bits per heavy atom. The summed E-state index contributed by atoms with van der Waals surface area (Å²) in [6.45, 7) is 5.93. The number of carbonyl (C=O) groups is 1. The molecule has 0 saturated heterocycles. The van der Waals surface area contributed by atoms with Gasteiger partial charge in [-0.3, -0.25) is 0 Å². The minimum Gasteiger partial charge on any atom is -0.497 e. The minimum absolute atomic E-state index is 0.285. The highest BCUT2D eigenvalue weighted by Crippen LogP contribution is 2.35. The lowest BCUT2D eigenvalue weighted by Gasteiger charge is -2.10. The summed E-state index contributed by atoms with van der Waals surface area (Å²) in [4.78, 5) is 12.9. The molecular formula is C18H22O4S. The summed E-state index contributed by atoms with van der Waals surface area (Å²) in [7, 11) is 3.16. The summed E-state index contributed by atoms with van der Waals surface area (Å²) < 4.78 is 10.5. The van der Waals surface area contributed by atoms with Gasteiger partial charge >= 0.3 is 5.97 Å². The van der Waals surface area contributed by atoms with E-state index in [9.17, 15) is 9.90 Å². The van der Waals surface area contributed by atoms with Gasteiger partial charge in [0.2, 0.25) is 0 Å². The van der Waals surface area contributed by atoms with Crippen molar-refractivity contribution in [3.63, 3.8) is 0 Å². The minimum atomic E-state index is -0.938. The number of ether oxygens (including phenoxy) is 2. The molecule has 0 unspecified atom stereocenters. The van der Waals surface area contributed by atoms with Crippen molar-refractivity contribution in [2.45, 2.75) is 30.6 Å². The van der Waals surface area contributed by atoms with Gasteiger partial charge in [0, 0.05) is 15.9 Å². The normalized spacial score (nSPS) is 9.61. The molecule has 4 nitrogen and oxygen atoms in total. The zero-order chi connectivity index (χ0) is 17.4. The van der Waals surface area contributed by atoms with Gasteiger partial charge in [-0.1, -0.05) is 31.7 Å². The van der Waals surface area contributed by atoms with E-state index in [1.165, 1.54) is 11.8 Å². The van der Waals surface area contributed by atoms with E-state index >= 15 is 0 Å². The Morgan fingerprint density at radius 3 is 2.04 bits per heavy atom. The number of hydrogen-bond donors (Lipinski definition) is 1. The number of carboxylic acid groups (broad SMARTS) is 1. The lowest BCUT2D eigenvalue weighted by Crippen LogP contribution is -1.99. The van der Waals surface area contributed by atoms with Crippen molar-refractivity contribution in [3.8, 4) is 11.5 Å². The van der Waals surface area contributed by atoms with Crippen molar-refractivity contribution in [1.29, 1.82) is 0 Å². The summed E-state index contributed by atoms with van der Waals surface area (Å²) in [5.41, 5.74) is 1.30. The van der Waals surface area contributed by atoms with E-state index in [-0.39, 0.29) is 5.56 Å². The fourth-order valence-corrected chi connectivity index (χ4v) is 2.97. The van der Waals surface area contributed by atoms with Gasteiger partial charge < -0.3 is 14.6 Å². The summed E-state index contributed by atoms with van der Waals surface area (Å²) in [5.74, 6) is 0.398. The van der Waals surface area contributed by atoms with Crippen LogP contribution in [0, 0.1) is 6.92 Å². The van der Waals surface area contributed by atoms with E-state index in [0.717, 1.165) is 10.5 Å². The highest BCUT2D eigenvalue weighted by atomic mass is 32.2. The maximum atomic E-state index is 11.3. The van der Waals surface area contributed by atoms with Gasteiger partial charge in [0.1, 0.15) is 11.5 Å². The molecular weight excluding hydrogens is 312 g/mol. The third-order valence-corrected chi connectivity index (χ3v) is 3.95. The lowest BCUT2D eigenvalue weighted by atomic mass is 10.1. The van der Waals surface area contributed by atoms with Crippen molar-refractivity contribution in [1.82, 2.24) is 0 Å². The Balaban J connectivity index is 0.00000127. The van der Waals surface area contributed by atoms with Crippen molar-refractivity contribution < 1.29 is 19.4 Å². The molecule has 0 aliphatic carbocycles. The van der Waals surface area contributed by atoms with Crippen LogP contribution in [0.2, 0.25) is 0 Å². The molecule has 2 aromatic carbocycles. The van der Waals surface area contributed by atoms with Crippen LogP contribution in [0.5, 0.6) is 11.5 Å². The average molecular weight is 334 g/mol. The number of methoxy groups -OCH3 is 2. The predicted octanol–water partition coefficient (Wildman–Crippen LogP) is 4.89. The van der Waals surface area contributed by atoms with Crippen LogP contribution < -0.4 is 9.47 Å². The first-order valence-corrected chi connectivity index (χ1v) is 8.10. The molecule has 0 spiro atoms. The Hall–Kier alpha value is -2.14. The molecule has 0 aromatic heterocycles. The van der Waals surface area contributed by atoms with Crippen LogP contribution in [0.15, 0.2) is 46.2 Å². The van der Waals surface area contributed by atoms with Crippen molar-refractivity contribution in [2.24, 2.45) is 0 Å². The first-order valence-electron chi connectivity index (χ1n) is 7.28. The monoisotopic (exact) mass is 334 g/mol. The standard InChI is InChI=1S/C16H16O4S.C2H6/c1-10-4-5-14(16(17)18)15(6-10)21-13-8-11(19-2)7-12(9-13)20-3;1-2/h4-9H,1-3H3,(H,17,18);1-2H3. The van der Waals surface area contributed by atoms with Crippen LogP contribution in [0.25, 0.3) is 0 Å². The molecule has 0 bridgehead atoms. The fraction of sp³-hybridized carbons (Fsp3) is 0.278. The van der Waals surface area contributed by atoms with Crippen molar-refractivity contribution in [2.75, 3.05) is 14.2 Å². The maximum Gasteiger partial charge on any atom is 0.336 e. The summed E-state index contributed by atoms with van der Waals surface area (Å²) in [5, 5.41) is 9.27. The highest BCUT2D eigenvalue weighted by Gasteiger charge is 2.12. The summed E-state index contributed by atoms with van der Waals surface area (Å²) in [6.07, 6.45) is 0. The Kier molecular flexibility index (Phi) is 7.48. The van der Waals surface area contributed by atoms with Crippen LogP contribution in [0.3, 0.4) is 0 Å². The Bertz CT molecular complexity index is 646. The van der Waals surface area contributed by atoms with Gasteiger partial charge in [-0.05, 0) is 36.8 Å². The van der Waals surface area contributed by atoms with Gasteiger partial charge in [-0.2, -0.15) is 0 Å². The van der Waals surface area contributed by atoms with Crippen LogP contribution in [-0.2, 0) is 0 Å². The van der Waals surface area contributed by atoms with E-state index in [1.807, 2.05) is 39.0 Å². The second kappa shape index (κ2) is 9.10. The second-order valence-electron chi connectivity index (χ2n) is 4.46. The SMILES string of the molecule is CC.COc1cc(OC)cc(Sc2cc(C)ccc2C(=O)O)c1. The number of rotatable bonds is 5. The first kappa shape index (κ1) is 18.9. The van der Waals surface area contributed by atoms with Gasteiger partial charge in [0.25, 0.3) is 0 Å². The molecule has 0 fully saturated rings. The molecule has 0 atom stereocenters. The quantitative estimate of drug-likeness (QED) is 0.844. The largest absolute Gasteiger partial charge is 0.497 e. The number of aryl methyl sites for hydroxylation is 1. The van der Waals surface area contributed by atoms with Crippen LogP contribution in [-0.4, -0.2) is 25.3 Å². The number of hydrogen-bond acceptors (Lipinski definition) is 4. The number of benzene rings is 2. The van der Waals surface area contributed by atoms with Gasteiger partial charge in [-0.25, -0.2) is 4.79 Å². The molecule has 2 aromatic rings. The lowest BCUT2D eigenvalue weighted by molar-refractivity contribution is 0.0693. The van der Waals surface area contributed by atoms with Crippen LogP contribution in [0.1, 0.15) is 29.8 Å². The molecule has 1 N–H and O–H groups in total. The summed E-state index contributed by atoms with van der Waals surface area (Å²) in [6, 6.07) is 10.7. The van der Waals surface area contributed by atoms with Crippen molar-refractivity contribution >= 4 is 17.7 Å². The molecule has 0 amide bonds. The molecule has 0 heterocycles. The molecule has 0 radical (unpaired) electrons.